The van der Waals surface area contributed by atoms with E-state index in [1.807, 2.05) is 47.4 Å². The second-order valence-electron chi connectivity index (χ2n) is 9.11. The van der Waals surface area contributed by atoms with Crippen molar-refractivity contribution in [1.29, 1.82) is 0 Å². The Morgan fingerprint density at radius 2 is 2.00 bits per heavy atom. The third kappa shape index (κ3) is 4.93. The first-order valence-corrected chi connectivity index (χ1v) is 11.9. The molecule has 170 valence electrons. The van der Waals surface area contributed by atoms with Gasteiger partial charge in [-0.2, -0.15) is 0 Å². The van der Waals surface area contributed by atoms with Crippen molar-refractivity contribution in [3.8, 4) is 5.75 Å². The van der Waals surface area contributed by atoms with Crippen LogP contribution in [0.2, 0.25) is 5.02 Å². The second kappa shape index (κ2) is 9.95. The molecule has 0 bridgehead atoms. The Balaban J connectivity index is 1.71. The minimum atomic E-state index is 0.00705. The van der Waals surface area contributed by atoms with Gasteiger partial charge in [-0.05, 0) is 61.6 Å². The normalized spacial score (nSPS) is 14.4. The maximum absolute atomic E-state index is 13.5. The van der Waals surface area contributed by atoms with Gasteiger partial charge in [0.15, 0.2) is 0 Å². The van der Waals surface area contributed by atoms with Gasteiger partial charge in [-0.1, -0.05) is 44.4 Å². The van der Waals surface area contributed by atoms with Crippen LogP contribution in [-0.2, 0) is 6.54 Å². The molecule has 1 heterocycles. The van der Waals surface area contributed by atoms with E-state index in [1.54, 1.807) is 7.11 Å². The number of carbonyl (C=O) groups excluding carboxylic acids is 1. The molecule has 0 unspecified atom stereocenters. The Labute approximate surface area is 195 Å². The average Bonchev–Trinajstić information content (AvgIpc) is 3.43. The van der Waals surface area contributed by atoms with Crippen molar-refractivity contribution < 1.29 is 9.53 Å². The molecular formula is C26H32ClN3O2. The summed E-state index contributed by atoms with van der Waals surface area (Å²) in [6, 6.07) is 13.7. The zero-order valence-corrected chi connectivity index (χ0v) is 19.9. The van der Waals surface area contributed by atoms with E-state index in [2.05, 4.69) is 18.4 Å². The number of benzene rings is 2. The van der Waals surface area contributed by atoms with Gasteiger partial charge >= 0.3 is 0 Å². The van der Waals surface area contributed by atoms with Gasteiger partial charge in [0.05, 0.1) is 24.7 Å². The predicted octanol–water partition coefficient (Wildman–Crippen LogP) is 6.50. The van der Waals surface area contributed by atoms with Gasteiger partial charge in [0.1, 0.15) is 11.6 Å². The standard InChI is InChI=1S/C26H32ClN3O2/c1-18(2)13-14-29(26(31)19-7-6-10-22(15-19)32-3)17-25-28-23-12-11-20(27)16-24(23)30(25)21-8-4-5-9-21/h6-7,10-12,15-16,18,21H,4-5,8-9,13-14,17H2,1-3H3. The van der Waals surface area contributed by atoms with Crippen LogP contribution >= 0.6 is 11.6 Å². The molecule has 1 aliphatic carbocycles. The van der Waals surface area contributed by atoms with Gasteiger partial charge in [0.25, 0.3) is 5.91 Å². The summed E-state index contributed by atoms with van der Waals surface area (Å²) in [4.78, 5) is 20.4. The largest absolute Gasteiger partial charge is 0.497 e. The SMILES string of the molecule is COc1cccc(C(=O)N(CCC(C)C)Cc2nc3ccc(Cl)cc3n2C2CCCC2)c1. The molecular weight excluding hydrogens is 422 g/mol. The molecule has 2 aromatic carbocycles. The lowest BCUT2D eigenvalue weighted by Gasteiger charge is -2.25. The van der Waals surface area contributed by atoms with Gasteiger partial charge in [0.2, 0.25) is 0 Å². The summed E-state index contributed by atoms with van der Waals surface area (Å²) < 4.78 is 7.68. The number of carbonyl (C=O) groups is 1. The van der Waals surface area contributed by atoms with Crippen LogP contribution in [0.1, 0.15) is 68.2 Å². The summed E-state index contributed by atoms with van der Waals surface area (Å²) in [5, 5.41) is 0.715. The molecule has 1 aromatic heterocycles. The molecule has 0 saturated heterocycles. The third-order valence-corrected chi connectivity index (χ3v) is 6.56. The first kappa shape index (κ1) is 22.7. The summed E-state index contributed by atoms with van der Waals surface area (Å²) in [6.45, 7) is 5.53. The van der Waals surface area contributed by atoms with E-state index < -0.39 is 0 Å². The number of aromatic nitrogens is 2. The maximum atomic E-state index is 13.5. The molecule has 4 rings (SSSR count). The quantitative estimate of drug-likeness (QED) is 0.391. The number of fused-ring (bicyclic) bond motifs is 1. The Morgan fingerprint density at radius 3 is 2.72 bits per heavy atom. The van der Waals surface area contributed by atoms with Crippen LogP contribution in [0.15, 0.2) is 42.5 Å². The molecule has 0 spiro atoms. The van der Waals surface area contributed by atoms with Crippen molar-refractivity contribution in [3.63, 3.8) is 0 Å². The fourth-order valence-electron chi connectivity index (χ4n) is 4.57. The Bertz CT molecular complexity index is 1090. The number of imidazole rings is 1. The number of halogens is 1. The minimum absolute atomic E-state index is 0.00705. The van der Waals surface area contributed by atoms with Crippen LogP contribution in [0.4, 0.5) is 0 Å². The molecule has 32 heavy (non-hydrogen) atoms. The Kier molecular flexibility index (Phi) is 7.04. The predicted molar refractivity (Wildman–Crippen MR) is 129 cm³/mol. The number of nitrogens with zero attached hydrogens (tertiary/aromatic N) is 3. The van der Waals surface area contributed by atoms with Gasteiger partial charge < -0.3 is 14.2 Å². The molecule has 0 N–H and O–H groups in total. The van der Waals surface area contributed by atoms with Gasteiger partial charge in [0, 0.05) is 23.2 Å². The highest BCUT2D eigenvalue weighted by atomic mass is 35.5. The fourth-order valence-corrected chi connectivity index (χ4v) is 4.74. The molecule has 0 aliphatic heterocycles. The minimum Gasteiger partial charge on any atom is -0.497 e. The van der Waals surface area contributed by atoms with E-state index in [4.69, 9.17) is 21.3 Å². The lowest BCUT2D eigenvalue weighted by molar-refractivity contribution is 0.0728. The number of amides is 1. The number of ether oxygens (including phenoxy) is 1. The smallest absolute Gasteiger partial charge is 0.254 e. The first-order chi connectivity index (χ1) is 15.5. The summed E-state index contributed by atoms with van der Waals surface area (Å²) in [5.74, 6) is 2.14. The van der Waals surface area contributed by atoms with Crippen molar-refractivity contribution in [1.82, 2.24) is 14.5 Å². The van der Waals surface area contributed by atoms with Gasteiger partial charge in [-0.25, -0.2) is 4.98 Å². The van der Waals surface area contributed by atoms with Crippen molar-refractivity contribution in [2.75, 3.05) is 13.7 Å². The second-order valence-corrected chi connectivity index (χ2v) is 9.55. The van der Waals surface area contributed by atoms with E-state index in [9.17, 15) is 4.79 Å². The summed E-state index contributed by atoms with van der Waals surface area (Å²) >= 11 is 6.34. The third-order valence-electron chi connectivity index (χ3n) is 6.33. The summed E-state index contributed by atoms with van der Waals surface area (Å²) in [6.07, 6.45) is 5.67. The summed E-state index contributed by atoms with van der Waals surface area (Å²) in [7, 11) is 1.62. The zero-order chi connectivity index (χ0) is 22.7. The van der Waals surface area contributed by atoms with Gasteiger partial charge in [-0.15, -0.1) is 0 Å². The molecule has 3 aromatic rings. The molecule has 1 fully saturated rings. The highest BCUT2D eigenvalue weighted by molar-refractivity contribution is 6.31. The fraction of sp³-hybridized carbons (Fsp3) is 0.462. The molecule has 0 atom stereocenters. The molecule has 6 heteroatoms. The van der Waals surface area contributed by atoms with Crippen LogP contribution < -0.4 is 4.74 Å². The lowest BCUT2D eigenvalue weighted by Crippen LogP contribution is -2.33. The number of hydrogen-bond donors (Lipinski definition) is 0. The number of methoxy groups -OCH3 is 1. The van der Waals surface area contributed by atoms with Gasteiger partial charge in [-0.3, -0.25) is 4.79 Å². The van der Waals surface area contributed by atoms with Crippen LogP contribution in [0.25, 0.3) is 11.0 Å². The van der Waals surface area contributed by atoms with E-state index in [-0.39, 0.29) is 5.91 Å². The van der Waals surface area contributed by atoms with E-state index in [0.29, 0.717) is 41.4 Å². The highest BCUT2D eigenvalue weighted by Gasteiger charge is 2.26. The highest BCUT2D eigenvalue weighted by Crippen LogP contribution is 2.35. The number of hydrogen-bond acceptors (Lipinski definition) is 3. The Hall–Kier alpha value is -2.53. The van der Waals surface area contributed by atoms with Crippen LogP contribution in [0, 0.1) is 5.92 Å². The number of rotatable bonds is 8. The average molecular weight is 454 g/mol. The van der Waals surface area contributed by atoms with Crippen molar-refractivity contribution in [2.45, 2.75) is 58.5 Å². The van der Waals surface area contributed by atoms with Crippen LogP contribution in [0.5, 0.6) is 5.75 Å². The van der Waals surface area contributed by atoms with Crippen molar-refractivity contribution in [2.24, 2.45) is 5.92 Å². The topological polar surface area (TPSA) is 47.4 Å². The monoisotopic (exact) mass is 453 g/mol. The van der Waals surface area contributed by atoms with Crippen molar-refractivity contribution in [3.05, 3.63) is 58.9 Å². The van der Waals surface area contributed by atoms with E-state index >= 15 is 0 Å². The van der Waals surface area contributed by atoms with Crippen molar-refractivity contribution >= 4 is 28.5 Å². The van der Waals surface area contributed by atoms with Crippen LogP contribution in [0.3, 0.4) is 0 Å². The molecule has 1 amide bonds. The summed E-state index contributed by atoms with van der Waals surface area (Å²) in [5.41, 5.74) is 2.64. The lowest BCUT2D eigenvalue weighted by atomic mass is 10.1. The molecule has 0 radical (unpaired) electrons. The maximum Gasteiger partial charge on any atom is 0.254 e. The molecule has 1 saturated carbocycles. The first-order valence-electron chi connectivity index (χ1n) is 11.6. The molecule has 5 nitrogen and oxygen atoms in total. The molecule has 1 aliphatic rings. The van der Waals surface area contributed by atoms with E-state index in [0.717, 1.165) is 36.1 Å². The van der Waals surface area contributed by atoms with Crippen LogP contribution in [-0.4, -0.2) is 34.0 Å². The van der Waals surface area contributed by atoms with E-state index in [1.165, 1.54) is 12.8 Å². The Morgan fingerprint density at radius 1 is 1.22 bits per heavy atom. The zero-order valence-electron chi connectivity index (χ0n) is 19.2.